The number of imide groups is 1. The number of nitrogens with one attached hydrogen (secondary N) is 1. The minimum atomic E-state index is -1.21. The third kappa shape index (κ3) is 3.09. The van der Waals surface area contributed by atoms with Gasteiger partial charge in [0.25, 0.3) is 0 Å². The van der Waals surface area contributed by atoms with Crippen LogP contribution in [0.1, 0.15) is 28.7 Å². The number of alkyl halides is 2. The molecule has 1 fully saturated rings. The number of hydrogen-bond donors (Lipinski definition) is 1. The number of likely N-dealkylation sites (tertiary alicyclic amines) is 1. The fourth-order valence-corrected chi connectivity index (χ4v) is 7.37. The summed E-state index contributed by atoms with van der Waals surface area (Å²) in [5, 5.41) is 2.81. The molecule has 0 unspecified atom stereocenters. The van der Waals surface area contributed by atoms with E-state index in [1.807, 2.05) is 60.7 Å². The first kappa shape index (κ1) is 23.0. The number of carbonyl (C=O) groups is 3. The van der Waals surface area contributed by atoms with Crippen LogP contribution in [-0.4, -0.2) is 29.2 Å². The van der Waals surface area contributed by atoms with Gasteiger partial charge >= 0.3 is 0 Å². The highest BCUT2D eigenvalue weighted by Gasteiger charge is 2.72. The lowest BCUT2D eigenvalue weighted by Gasteiger charge is -2.54. The molecule has 1 aliphatic heterocycles. The fraction of sp³-hybridized carbons (Fsp3) is 0.222. The van der Waals surface area contributed by atoms with Crippen molar-refractivity contribution in [2.24, 2.45) is 11.8 Å². The average Bonchev–Trinajstić information content (AvgIpc) is 3.13. The molecule has 1 heterocycles. The number of benzene rings is 3. The largest absolute Gasteiger partial charge is 0.326 e. The zero-order valence-electron chi connectivity index (χ0n) is 18.3. The van der Waals surface area contributed by atoms with Crippen molar-refractivity contribution in [2.45, 2.75) is 16.2 Å². The summed E-state index contributed by atoms with van der Waals surface area (Å²) < 4.78 is 1.05. The molecule has 2 bridgehead atoms. The zero-order valence-corrected chi connectivity index (χ0v) is 22.0. The highest BCUT2D eigenvalue weighted by Crippen LogP contribution is 2.69. The summed E-state index contributed by atoms with van der Waals surface area (Å²) in [6.07, 6.45) is -0.0205. The summed E-state index contributed by atoms with van der Waals surface area (Å²) in [5.41, 5.74) is 3.70. The molecular formula is C27H19Cl2IN2O3. The molecule has 7 rings (SSSR count). The first-order valence-electron chi connectivity index (χ1n) is 11.3. The molecule has 0 radical (unpaired) electrons. The van der Waals surface area contributed by atoms with Gasteiger partial charge in [0.15, 0.2) is 0 Å². The molecule has 1 saturated heterocycles. The molecule has 3 aromatic carbocycles. The maximum atomic E-state index is 13.7. The summed E-state index contributed by atoms with van der Waals surface area (Å²) in [5.74, 6) is -2.74. The summed E-state index contributed by atoms with van der Waals surface area (Å²) >= 11 is 17.0. The number of nitrogens with zero attached hydrogens (tertiary/aromatic N) is 1. The third-order valence-corrected chi connectivity index (χ3v) is 9.37. The Balaban J connectivity index is 1.34. The van der Waals surface area contributed by atoms with Gasteiger partial charge in [-0.25, -0.2) is 0 Å². The van der Waals surface area contributed by atoms with Crippen LogP contribution in [0, 0.1) is 15.4 Å². The van der Waals surface area contributed by atoms with E-state index in [0.29, 0.717) is 5.69 Å². The van der Waals surface area contributed by atoms with Crippen LogP contribution < -0.4 is 5.32 Å². The van der Waals surface area contributed by atoms with Crippen LogP contribution in [0.4, 0.5) is 5.69 Å². The molecule has 5 nitrogen and oxygen atoms in total. The maximum Gasteiger partial charge on any atom is 0.235 e. The standard InChI is InChI=1S/C27H19Cl2IN2O3/c28-26-17-5-1-2-6-18(17)27(29,20-8-4-3-7-19(20)26)23-22(26)24(34)32(25(23)35)14-13-21(33)31-16-11-9-15(30)10-12-16/h1-12,22-23H,13-14H2,(H,31,33)/t22-,23+,26?,27?. The predicted molar refractivity (Wildman–Crippen MR) is 142 cm³/mol. The van der Waals surface area contributed by atoms with E-state index in [4.69, 9.17) is 23.2 Å². The van der Waals surface area contributed by atoms with E-state index in [-0.39, 0.29) is 30.7 Å². The lowest BCUT2D eigenvalue weighted by atomic mass is 9.54. The summed E-state index contributed by atoms with van der Waals surface area (Å²) in [6.45, 7) is -0.0342. The van der Waals surface area contributed by atoms with E-state index < -0.39 is 21.6 Å². The number of halogens is 3. The number of anilines is 1. The molecule has 8 heteroatoms. The van der Waals surface area contributed by atoms with Gasteiger partial charge in [-0.15, -0.1) is 23.2 Å². The Morgan fingerprint density at radius 3 is 1.66 bits per heavy atom. The topological polar surface area (TPSA) is 66.5 Å². The van der Waals surface area contributed by atoms with Crippen LogP contribution in [-0.2, 0) is 24.1 Å². The maximum absolute atomic E-state index is 13.7. The average molecular weight is 617 g/mol. The minimum Gasteiger partial charge on any atom is -0.326 e. The molecule has 0 aromatic heterocycles. The quantitative estimate of drug-likeness (QED) is 0.249. The molecular weight excluding hydrogens is 598 g/mol. The first-order chi connectivity index (χ1) is 16.8. The molecule has 4 aliphatic rings. The molecule has 3 aliphatic carbocycles. The van der Waals surface area contributed by atoms with Crippen LogP contribution in [0.2, 0.25) is 0 Å². The molecule has 176 valence electrons. The zero-order chi connectivity index (χ0) is 24.5. The second-order valence-electron chi connectivity index (χ2n) is 9.10. The van der Waals surface area contributed by atoms with Crippen LogP contribution in [0.3, 0.4) is 0 Å². The predicted octanol–water partition coefficient (Wildman–Crippen LogP) is 5.21. The van der Waals surface area contributed by atoms with E-state index in [1.54, 1.807) is 12.1 Å². The van der Waals surface area contributed by atoms with Crippen molar-refractivity contribution in [1.29, 1.82) is 0 Å². The molecule has 35 heavy (non-hydrogen) atoms. The van der Waals surface area contributed by atoms with Crippen molar-refractivity contribution >= 4 is 69.2 Å². The molecule has 1 N–H and O–H groups in total. The van der Waals surface area contributed by atoms with Crippen LogP contribution in [0.25, 0.3) is 0 Å². The van der Waals surface area contributed by atoms with Crippen molar-refractivity contribution in [1.82, 2.24) is 4.90 Å². The third-order valence-electron chi connectivity index (χ3n) is 7.37. The van der Waals surface area contributed by atoms with E-state index in [0.717, 1.165) is 25.8 Å². The Morgan fingerprint density at radius 1 is 0.800 bits per heavy atom. The van der Waals surface area contributed by atoms with Crippen molar-refractivity contribution < 1.29 is 14.4 Å². The Kier molecular flexibility index (Phi) is 5.29. The lowest BCUT2D eigenvalue weighted by Crippen LogP contribution is -2.57. The Hall–Kier alpha value is -2.42. The van der Waals surface area contributed by atoms with Crippen molar-refractivity contribution in [3.8, 4) is 0 Å². The summed E-state index contributed by atoms with van der Waals surface area (Å²) in [7, 11) is 0. The van der Waals surface area contributed by atoms with Crippen LogP contribution in [0.15, 0.2) is 72.8 Å². The van der Waals surface area contributed by atoms with E-state index in [9.17, 15) is 14.4 Å². The van der Waals surface area contributed by atoms with E-state index in [2.05, 4.69) is 27.9 Å². The highest BCUT2D eigenvalue weighted by atomic mass is 127. The number of amides is 3. The molecule has 2 atom stereocenters. The molecule has 0 saturated carbocycles. The van der Waals surface area contributed by atoms with Crippen molar-refractivity contribution in [3.63, 3.8) is 0 Å². The van der Waals surface area contributed by atoms with Crippen LogP contribution in [0.5, 0.6) is 0 Å². The summed E-state index contributed by atoms with van der Waals surface area (Å²) in [6, 6.07) is 22.4. The van der Waals surface area contributed by atoms with Gasteiger partial charge in [-0.2, -0.15) is 0 Å². The summed E-state index contributed by atoms with van der Waals surface area (Å²) in [4.78, 5) is 38.8. The minimum absolute atomic E-state index is 0.0205. The molecule has 3 aromatic rings. The Bertz CT molecular complexity index is 1290. The van der Waals surface area contributed by atoms with Crippen molar-refractivity contribution in [2.75, 3.05) is 11.9 Å². The van der Waals surface area contributed by atoms with Gasteiger partial charge in [0.2, 0.25) is 17.7 Å². The van der Waals surface area contributed by atoms with Crippen LogP contribution >= 0.6 is 45.8 Å². The number of carbonyl (C=O) groups excluding carboxylic acids is 3. The fourth-order valence-electron chi connectivity index (χ4n) is 5.92. The van der Waals surface area contributed by atoms with Gasteiger partial charge in [0.05, 0.1) is 11.8 Å². The van der Waals surface area contributed by atoms with E-state index in [1.165, 1.54) is 4.90 Å². The van der Waals surface area contributed by atoms with Gasteiger partial charge in [-0.3, -0.25) is 19.3 Å². The van der Waals surface area contributed by atoms with Gasteiger partial charge < -0.3 is 5.32 Å². The first-order valence-corrected chi connectivity index (χ1v) is 13.1. The number of rotatable bonds is 4. The van der Waals surface area contributed by atoms with Gasteiger partial charge in [-0.1, -0.05) is 48.5 Å². The van der Waals surface area contributed by atoms with Gasteiger partial charge in [0, 0.05) is 22.2 Å². The highest BCUT2D eigenvalue weighted by molar-refractivity contribution is 14.1. The van der Waals surface area contributed by atoms with Gasteiger partial charge in [-0.05, 0) is 69.1 Å². The lowest BCUT2D eigenvalue weighted by molar-refractivity contribution is -0.140. The Morgan fingerprint density at radius 2 is 1.23 bits per heavy atom. The number of hydrogen-bond acceptors (Lipinski definition) is 3. The monoisotopic (exact) mass is 616 g/mol. The smallest absolute Gasteiger partial charge is 0.235 e. The van der Waals surface area contributed by atoms with E-state index >= 15 is 0 Å². The molecule has 3 amide bonds. The normalized spacial score (nSPS) is 27.9. The Labute approximate surface area is 225 Å². The SMILES string of the molecule is O=C(CCN1C(=O)[C@@H]2[C@H](C1=O)C1(Cl)c3ccccc3C2(Cl)c2ccccc21)Nc1ccc(I)cc1. The molecule has 0 spiro atoms. The van der Waals surface area contributed by atoms with Crippen molar-refractivity contribution in [3.05, 3.63) is 98.6 Å². The second-order valence-corrected chi connectivity index (χ2v) is 11.5. The van der Waals surface area contributed by atoms with Gasteiger partial charge in [0.1, 0.15) is 9.75 Å². The second kappa shape index (κ2) is 8.05.